The summed E-state index contributed by atoms with van der Waals surface area (Å²) in [5.41, 5.74) is 12.2. The largest absolute Gasteiger partial charge is 0.278 e. The predicted molar refractivity (Wildman–Crippen MR) is 176 cm³/mol. The van der Waals surface area contributed by atoms with E-state index in [1.165, 1.54) is 33.4 Å². The van der Waals surface area contributed by atoms with Gasteiger partial charge in [0.25, 0.3) is 0 Å². The molecule has 1 aliphatic heterocycles. The lowest BCUT2D eigenvalue weighted by Crippen LogP contribution is -2.33. The first-order chi connectivity index (χ1) is 20.3. The van der Waals surface area contributed by atoms with E-state index in [4.69, 9.17) is 0 Å². The van der Waals surface area contributed by atoms with Crippen LogP contribution >= 0.6 is 0 Å². The van der Waals surface area contributed by atoms with E-state index in [9.17, 15) is 0 Å². The smallest absolute Gasteiger partial charge is 0.142 e. The third kappa shape index (κ3) is 4.55. The number of nitrogens with zero attached hydrogens (tertiary/aromatic N) is 4. The molecule has 1 aliphatic rings. The fraction of sp³-hybridized carbons (Fsp3) is 0.132. The van der Waals surface area contributed by atoms with Crippen LogP contribution in [0.2, 0.25) is 0 Å². The Kier molecular flexibility index (Phi) is 6.91. The second-order valence-electron chi connectivity index (χ2n) is 11.2. The first-order valence-electron chi connectivity index (χ1n) is 14.2. The third-order valence-corrected chi connectivity index (χ3v) is 8.33. The molecule has 5 aromatic rings. The Balaban J connectivity index is 1.46. The fourth-order valence-electron chi connectivity index (χ4n) is 6.03. The summed E-state index contributed by atoms with van der Waals surface area (Å²) >= 11 is 0. The number of rotatable bonds is 6. The number of hydrogen-bond acceptors (Lipinski definition) is 4. The molecule has 0 fully saturated rings. The Morgan fingerprint density at radius 3 is 2.14 bits per heavy atom. The fourth-order valence-corrected chi connectivity index (χ4v) is 6.03. The molecule has 0 N–H and O–H groups in total. The van der Waals surface area contributed by atoms with E-state index in [1.54, 1.807) is 6.20 Å². The van der Waals surface area contributed by atoms with Crippen molar-refractivity contribution in [1.29, 1.82) is 0 Å². The zero-order valence-electron chi connectivity index (χ0n) is 24.6. The van der Waals surface area contributed by atoms with Gasteiger partial charge >= 0.3 is 0 Å². The standard InChI is InChI=1S/C38H34N4/c1-7-33-37(39-6)42(36-15-8-9-20-41-36)35-19-18-30(24-34(35)38(33,4)5)28-13-10-12-27(22-28)29-17-16-25(2)32(23-29)31-14-11-21-40-26(31)3/h7-24H,1,6H2,2-5H3. The quantitative estimate of drug-likeness (QED) is 0.199. The molecule has 0 aliphatic carbocycles. The molecule has 0 atom stereocenters. The van der Waals surface area contributed by atoms with Crippen LogP contribution in [0.15, 0.2) is 132 Å². The number of fused-ring (bicyclic) bond motifs is 1. The maximum atomic E-state index is 4.65. The highest BCUT2D eigenvalue weighted by Gasteiger charge is 2.38. The molecular formula is C38H34N4. The van der Waals surface area contributed by atoms with Crippen molar-refractivity contribution in [1.82, 2.24) is 9.97 Å². The number of benzene rings is 3. The minimum Gasteiger partial charge on any atom is -0.278 e. The van der Waals surface area contributed by atoms with Crippen LogP contribution in [-0.2, 0) is 5.41 Å². The van der Waals surface area contributed by atoms with Crippen LogP contribution in [-0.4, -0.2) is 16.7 Å². The summed E-state index contributed by atoms with van der Waals surface area (Å²) in [5, 5.41) is 0. The van der Waals surface area contributed by atoms with Crippen LogP contribution in [0.1, 0.15) is 30.7 Å². The minimum atomic E-state index is -0.333. The van der Waals surface area contributed by atoms with Crippen LogP contribution in [0, 0.1) is 13.8 Å². The molecule has 4 heteroatoms. The third-order valence-electron chi connectivity index (χ3n) is 8.33. The summed E-state index contributed by atoms with van der Waals surface area (Å²) in [4.78, 5) is 15.7. The van der Waals surface area contributed by atoms with Gasteiger partial charge in [-0.15, -0.1) is 0 Å². The zero-order chi connectivity index (χ0) is 29.4. The van der Waals surface area contributed by atoms with Crippen LogP contribution in [0.5, 0.6) is 0 Å². The summed E-state index contributed by atoms with van der Waals surface area (Å²) in [6, 6.07) is 32.2. The number of pyridine rings is 2. The molecule has 0 spiro atoms. The zero-order valence-corrected chi connectivity index (χ0v) is 24.6. The van der Waals surface area contributed by atoms with Gasteiger partial charge in [-0.05, 0) is 102 Å². The van der Waals surface area contributed by atoms with Gasteiger partial charge < -0.3 is 0 Å². The highest BCUT2D eigenvalue weighted by molar-refractivity contribution is 5.82. The summed E-state index contributed by atoms with van der Waals surface area (Å²) in [7, 11) is 0. The topological polar surface area (TPSA) is 41.4 Å². The summed E-state index contributed by atoms with van der Waals surface area (Å²) in [6.45, 7) is 16.7. The Labute approximate surface area is 248 Å². The lowest BCUT2D eigenvalue weighted by atomic mass is 9.73. The number of hydrogen-bond donors (Lipinski definition) is 0. The SMILES string of the molecule is C=CC1=C(N=C)N(c2ccccn2)c2ccc(-c3cccc(-c4ccc(C)c(-c5cccnc5C)c4)c3)cc2C1(C)C. The first-order valence-corrected chi connectivity index (χ1v) is 14.2. The molecule has 4 nitrogen and oxygen atoms in total. The Morgan fingerprint density at radius 2 is 1.45 bits per heavy atom. The predicted octanol–water partition coefficient (Wildman–Crippen LogP) is 9.62. The molecule has 0 unspecified atom stereocenters. The second kappa shape index (κ2) is 10.7. The number of anilines is 2. The van der Waals surface area contributed by atoms with Crippen molar-refractivity contribution < 1.29 is 0 Å². The number of aliphatic imine (C=N–C) groups is 1. The van der Waals surface area contributed by atoms with Crippen LogP contribution < -0.4 is 4.90 Å². The molecule has 3 aromatic carbocycles. The van der Waals surface area contributed by atoms with E-state index < -0.39 is 0 Å². The van der Waals surface area contributed by atoms with Crippen molar-refractivity contribution in [3.8, 4) is 33.4 Å². The van der Waals surface area contributed by atoms with Gasteiger partial charge in [-0.2, -0.15) is 0 Å². The highest BCUT2D eigenvalue weighted by atomic mass is 15.3. The summed E-state index contributed by atoms with van der Waals surface area (Å²) in [5.74, 6) is 1.56. The van der Waals surface area contributed by atoms with Gasteiger partial charge in [0, 0.05) is 34.6 Å². The monoisotopic (exact) mass is 546 g/mol. The second-order valence-corrected chi connectivity index (χ2v) is 11.2. The van der Waals surface area contributed by atoms with Gasteiger partial charge in [0.05, 0.1) is 5.69 Å². The van der Waals surface area contributed by atoms with Gasteiger partial charge in [0.1, 0.15) is 11.6 Å². The summed E-state index contributed by atoms with van der Waals surface area (Å²) in [6.07, 6.45) is 5.55. The first kappa shape index (κ1) is 27.1. The Bertz CT molecular complexity index is 1860. The molecule has 6 rings (SSSR count). The maximum absolute atomic E-state index is 4.65. The number of aryl methyl sites for hydroxylation is 2. The van der Waals surface area contributed by atoms with Gasteiger partial charge in [0.15, 0.2) is 0 Å². The lowest BCUT2D eigenvalue weighted by molar-refractivity contribution is 0.616. The van der Waals surface area contributed by atoms with Crippen molar-refractivity contribution in [3.63, 3.8) is 0 Å². The van der Waals surface area contributed by atoms with Crippen molar-refractivity contribution in [2.45, 2.75) is 33.1 Å². The molecule has 42 heavy (non-hydrogen) atoms. The van der Waals surface area contributed by atoms with E-state index in [-0.39, 0.29) is 5.41 Å². The Hall–Kier alpha value is -5.09. The van der Waals surface area contributed by atoms with E-state index in [0.717, 1.165) is 39.7 Å². The van der Waals surface area contributed by atoms with E-state index in [0.29, 0.717) is 0 Å². The molecule has 2 aromatic heterocycles. The average Bonchev–Trinajstić information content (AvgIpc) is 3.01. The van der Waals surface area contributed by atoms with Crippen LogP contribution in [0.4, 0.5) is 11.5 Å². The highest BCUT2D eigenvalue weighted by Crippen LogP contribution is 2.49. The van der Waals surface area contributed by atoms with Gasteiger partial charge in [-0.25, -0.2) is 9.98 Å². The van der Waals surface area contributed by atoms with E-state index >= 15 is 0 Å². The van der Waals surface area contributed by atoms with E-state index in [2.05, 4.69) is 128 Å². The van der Waals surface area contributed by atoms with Gasteiger partial charge in [-0.1, -0.05) is 75.0 Å². The molecule has 0 saturated carbocycles. The number of allylic oxidation sites excluding steroid dienone is 2. The average molecular weight is 547 g/mol. The van der Waals surface area contributed by atoms with Crippen molar-refractivity contribution >= 4 is 18.2 Å². The van der Waals surface area contributed by atoms with Crippen molar-refractivity contribution in [3.05, 3.63) is 144 Å². The molecule has 0 radical (unpaired) electrons. The molecule has 0 amide bonds. The number of aromatic nitrogens is 2. The lowest BCUT2D eigenvalue weighted by Gasteiger charge is -2.41. The maximum Gasteiger partial charge on any atom is 0.142 e. The molecule has 3 heterocycles. The minimum absolute atomic E-state index is 0.333. The summed E-state index contributed by atoms with van der Waals surface area (Å²) < 4.78 is 0. The van der Waals surface area contributed by atoms with Gasteiger partial charge in [0.2, 0.25) is 0 Å². The Morgan fingerprint density at radius 1 is 0.738 bits per heavy atom. The van der Waals surface area contributed by atoms with E-state index in [1.807, 2.05) is 36.5 Å². The van der Waals surface area contributed by atoms with Crippen LogP contribution in [0.25, 0.3) is 33.4 Å². The molecule has 0 saturated heterocycles. The van der Waals surface area contributed by atoms with Crippen LogP contribution in [0.3, 0.4) is 0 Å². The van der Waals surface area contributed by atoms with Gasteiger partial charge in [-0.3, -0.25) is 9.88 Å². The normalized spacial score (nSPS) is 14.0. The van der Waals surface area contributed by atoms with Crippen molar-refractivity contribution in [2.75, 3.05) is 4.90 Å². The van der Waals surface area contributed by atoms with Crippen molar-refractivity contribution in [2.24, 2.45) is 4.99 Å². The molecule has 0 bridgehead atoms. The molecule has 206 valence electrons. The molecular weight excluding hydrogens is 512 g/mol.